The van der Waals surface area contributed by atoms with Gasteiger partial charge in [0.15, 0.2) is 0 Å². The van der Waals surface area contributed by atoms with Crippen molar-refractivity contribution in [2.45, 2.75) is 6.92 Å². The fraction of sp³-hybridized carbons (Fsp3) is 0.143. The van der Waals surface area contributed by atoms with Crippen molar-refractivity contribution in [3.8, 4) is 0 Å². The Hall–Kier alpha value is -1.38. The van der Waals surface area contributed by atoms with Gasteiger partial charge in [0.2, 0.25) is 0 Å². The minimum atomic E-state index is 0.899. The lowest BCUT2D eigenvalue weighted by Gasteiger charge is -1.86. The van der Waals surface area contributed by atoms with Gasteiger partial charge in [0.25, 0.3) is 0 Å². The molecule has 0 aliphatic rings. The number of aryl methyl sites for hydroxylation is 1. The maximum atomic E-state index is 3.85. The van der Waals surface area contributed by atoms with Crippen LogP contribution in [0.1, 0.15) is 5.56 Å². The van der Waals surface area contributed by atoms with Crippen LogP contribution in [0.15, 0.2) is 12.1 Å². The number of benzene rings is 1. The predicted molar refractivity (Wildman–Crippen MR) is 37.5 cm³/mol. The molecule has 2 rings (SSSR count). The summed E-state index contributed by atoms with van der Waals surface area (Å²) in [6, 6.07) is 6.84. The largest absolute Gasteiger partial charge is 0.258 e. The first-order chi connectivity index (χ1) is 4.86. The second-order valence-corrected chi connectivity index (χ2v) is 2.23. The Balaban J connectivity index is 2.86. The monoisotopic (exact) mass is 132 g/mol. The number of nitrogens with zero attached hydrogens (tertiary/aromatic N) is 2. The van der Waals surface area contributed by atoms with Gasteiger partial charge in [0.1, 0.15) is 5.52 Å². The quantitative estimate of drug-likeness (QED) is 0.582. The second-order valence-electron chi connectivity index (χ2n) is 2.23. The molecule has 0 bridgehead atoms. The van der Waals surface area contributed by atoms with Gasteiger partial charge in [0.05, 0.1) is 5.52 Å². The topological polar surface area (TPSA) is 41.6 Å². The number of aromatic nitrogens is 3. The van der Waals surface area contributed by atoms with E-state index >= 15 is 0 Å². The molecule has 0 unspecified atom stereocenters. The minimum Gasteiger partial charge on any atom is -0.258 e. The lowest BCUT2D eigenvalue weighted by Crippen LogP contribution is -1.72. The number of fused-ring (bicyclic) bond motifs is 1. The van der Waals surface area contributed by atoms with Crippen LogP contribution in [0, 0.1) is 13.0 Å². The maximum Gasteiger partial charge on any atom is 0.113 e. The van der Waals surface area contributed by atoms with Gasteiger partial charge in [0, 0.05) is 0 Å². The minimum absolute atomic E-state index is 0.899. The van der Waals surface area contributed by atoms with E-state index in [1.165, 1.54) is 0 Å². The first-order valence-electron chi connectivity index (χ1n) is 3.05. The van der Waals surface area contributed by atoms with Crippen molar-refractivity contribution >= 4 is 11.0 Å². The summed E-state index contributed by atoms with van der Waals surface area (Å²) >= 11 is 0. The van der Waals surface area contributed by atoms with E-state index in [0.717, 1.165) is 16.6 Å². The molecule has 0 atom stereocenters. The van der Waals surface area contributed by atoms with Crippen LogP contribution in [0.3, 0.4) is 0 Å². The molecule has 1 aromatic heterocycles. The lowest BCUT2D eigenvalue weighted by atomic mass is 10.2. The molecule has 3 heteroatoms. The smallest absolute Gasteiger partial charge is 0.113 e. The summed E-state index contributed by atoms with van der Waals surface area (Å²) in [5.41, 5.74) is 2.92. The van der Waals surface area contributed by atoms with Crippen molar-refractivity contribution in [1.29, 1.82) is 0 Å². The fourth-order valence-corrected chi connectivity index (χ4v) is 0.889. The molecule has 1 radical (unpaired) electrons. The molecule has 0 saturated heterocycles. The van der Waals surface area contributed by atoms with Gasteiger partial charge >= 0.3 is 0 Å². The summed E-state index contributed by atoms with van der Waals surface area (Å²) < 4.78 is 0. The number of rotatable bonds is 0. The standard InChI is InChI=1S/C7H6N3/c1-5-2-3-6-7(4-5)9-10-8-6/h3-4H,1H3,(H,8,9,10). The first kappa shape index (κ1) is 5.41. The highest BCUT2D eigenvalue weighted by Gasteiger charge is 1.94. The third-order valence-electron chi connectivity index (χ3n) is 1.40. The molecular formula is C7H6N3. The molecule has 49 valence electrons. The summed E-state index contributed by atoms with van der Waals surface area (Å²) in [6.45, 7) is 1.98. The molecule has 1 N–H and O–H groups in total. The summed E-state index contributed by atoms with van der Waals surface area (Å²) in [4.78, 5) is 0. The average Bonchev–Trinajstić information content (AvgIpc) is 2.33. The third kappa shape index (κ3) is 0.673. The van der Waals surface area contributed by atoms with Crippen molar-refractivity contribution in [3.05, 3.63) is 23.8 Å². The fourth-order valence-electron chi connectivity index (χ4n) is 0.889. The zero-order chi connectivity index (χ0) is 6.97. The van der Waals surface area contributed by atoms with Gasteiger partial charge in [-0.1, -0.05) is 5.21 Å². The molecule has 2 aromatic rings. The van der Waals surface area contributed by atoms with Crippen molar-refractivity contribution in [2.75, 3.05) is 0 Å². The number of nitrogens with one attached hydrogen (secondary N) is 1. The highest BCUT2D eigenvalue weighted by Crippen LogP contribution is 2.07. The van der Waals surface area contributed by atoms with E-state index in [1.807, 2.05) is 19.1 Å². The Morgan fingerprint density at radius 2 is 2.50 bits per heavy atom. The zero-order valence-corrected chi connectivity index (χ0v) is 5.55. The van der Waals surface area contributed by atoms with Gasteiger partial charge in [-0.05, 0) is 30.7 Å². The Morgan fingerprint density at radius 3 is 3.40 bits per heavy atom. The van der Waals surface area contributed by atoms with Gasteiger partial charge in [-0.2, -0.15) is 0 Å². The van der Waals surface area contributed by atoms with Gasteiger partial charge in [-0.15, -0.1) is 5.10 Å². The van der Waals surface area contributed by atoms with Crippen LogP contribution in [-0.4, -0.2) is 15.4 Å². The molecule has 3 nitrogen and oxygen atoms in total. The lowest BCUT2D eigenvalue weighted by molar-refractivity contribution is 0.959. The van der Waals surface area contributed by atoms with E-state index in [0.29, 0.717) is 0 Å². The van der Waals surface area contributed by atoms with Crippen LogP contribution in [0.4, 0.5) is 0 Å². The number of hydrogen-bond acceptors (Lipinski definition) is 2. The summed E-state index contributed by atoms with van der Waals surface area (Å²) in [5, 5.41) is 10.3. The first-order valence-corrected chi connectivity index (χ1v) is 3.05. The van der Waals surface area contributed by atoms with E-state index in [4.69, 9.17) is 0 Å². The number of H-pyrrole nitrogens is 1. The van der Waals surface area contributed by atoms with Crippen LogP contribution in [-0.2, 0) is 0 Å². The molecular weight excluding hydrogens is 126 g/mol. The number of hydrogen-bond donors (Lipinski definition) is 1. The Kier molecular flexibility index (Phi) is 0.974. The van der Waals surface area contributed by atoms with Crippen molar-refractivity contribution < 1.29 is 0 Å². The van der Waals surface area contributed by atoms with Crippen LogP contribution < -0.4 is 0 Å². The van der Waals surface area contributed by atoms with Crippen LogP contribution >= 0.6 is 0 Å². The Labute approximate surface area is 58.1 Å². The molecule has 0 saturated carbocycles. The molecule has 0 fully saturated rings. The summed E-state index contributed by atoms with van der Waals surface area (Å²) in [5.74, 6) is 0. The number of aromatic amines is 1. The zero-order valence-electron chi connectivity index (χ0n) is 5.55. The predicted octanol–water partition coefficient (Wildman–Crippen LogP) is 1.07. The summed E-state index contributed by atoms with van der Waals surface area (Å²) in [7, 11) is 0. The van der Waals surface area contributed by atoms with Crippen molar-refractivity contribution in [1.82, 2.24) is 15.4 Å². The van der Waals surface area contributed by atoms with Gasteiger partial charge in [-0.3, -0.25) is 5.10 Å². The van der Waals surface area contributed by atoms with Crippen molar-refractivity contribution in [3.63, 3.8) is 0 Å². The molecule has 1 aromatic carbocycles. The highest BCUT2D eigenvalue weighted by molar-refractivity contribution is 5.73. The van der Waals surface area contributed by atoms with Crippen LogP contribution in [0.2, 0.25) is 0 Å². The normalized spacial score (nSPS) is 10.5. The third-order valence-corrected chi connectivity index (χ3v) is 1.40. The Bertz CT molecular complexity index is 350. The van der Waals surface area contributed by atoms with E-state index in [1.54, 1.807) is 0 Å². The van der Waals surface area contributed by atoms with E-state index in [9.17, 15) is 0 Å². The van der Waals surface area contributed by atoms with Crippen molar-refractivity contribution in [2.24, 2.45) is 0 Å². The SMILES string of the molecule is Cc1[c]cc2[nH]nnc2c1. The van der Waals surface area contributed by atoms with E-state index in [-0.39, 0.29) is 0 Å². The second kappa shape index (κ2) is 1.80. The maximum absolute atomic E-state index is 3.85. The van der Waals surface area contributed by atoms with Crippen LogP contribution in [0.5, 0.6) is 0 Å². The summed E-state index contributed by atoms with van der Waals surface area (Å²) in [6.07, 6.45) is 0. The van der Waals surface area contributed by atoms with Gasteiger partial charge in [-0.25, -0.2) is 0 Å². The van der Waals surface area contributed by atoms with Gasteiger partial charge < -0.3 is 0 Å². The molecule has 10 heavy (non-hydrogen) atoms. The van der Waals surface area contributed by atoms with E-state index < -0.39 is 0 Å². The van der Waals surface area contributed by atoms with E-state index in [2.05, 4.69) is 21.5 Å². The molecule has 0 amide bonds. The Morgan fingerprint density at radius 1 is 1.60 bits per heavy atom. The molecule has 0 aliphatic carbocycles. The highest BCUT2D eigenvalue weighted by atomic mass is 15.3. The molecule has 0 spiro atoms. The molecule has 0 aliphatic heterocycles. The average molecular weight is 132 g/mol. The molecule has 1 heterocycles. The van der Waals surface area contributed by atoms with Crippen LogP contribution in [0.25, 0.3) is 11.0 Å².